The molecule has 29 heavy (non-hydrogen) atoms. The average Bonchev–Trinajstić information content (AvgIpc) is 3.18. The number of nitrogens with two attached hydrogens (primary N) is 1. The van der Waals surface area contributed by atoms with Crippen LogP contribution in [0.5, 0.6) is 0 Å². The summed E-state index contributed by atoms with van der Waals surface area (Å²) in [6.07, 6.45) is 2.62. The van der Waals surface area contributed by atoms with Crippen LogP contribution in [-0.2, 0) is 17.6 Å². The first-order valence-corrected chi connectivity index (χ1v) is 9.48. The summed E-state index contributed by atoms with van der Waals surface area (Å²) in [6.45, 7) is 1.44. The van der Waals surface area contributed by atoms with Crippen molar-refractivity contribution in [3.63, 3.8) is 0 Å². The first kappa shape index (κ1) is 20.7. The number of oxazole rings is 1. The molecule has 0 aliphatic heterocycles. The zero-order valence-electron chi connectivity index (χ0n) is 16.0. The van der Waals surface area contributed by atoms with Crippen molar-refractivity contribution in [3.05, 3.63) is 77.8 Å². The smallest absolute Gasteiger partial charge is 0.223 e. The zero-order valence-corrected chi connectivity index (χ0v) is 16.0. The average molecular weight is 399 g/mol. The molecule has 0 bridgehead atoms. The molecule has 152 valence electrons. The Morgan fingerprint density at radius 2 is 1.86 bits per heavy atom. The molecule has 0 aliphatic rings. The van der Waals surface area contributed by atoms with Gasteiger partial charge in [0.25, 0.3) is 0 Å². The Labute approximate surface area is 168 Å². The summed E-state index contributed by atoms with van der Waals surface area (Å²) >= 11 is 0. The van der Waals surface area contributed by atoms with E-state index in [1.165, 1.54) is 12.3 Å². The quantitative estimate of drug-likeness (QED) is 0.597. The van der Waals surface area contributed by atoms with Crippen LogP contribution in [0.4, 0.5) is 8.78 Å². The predicted molar refractivity (Wildman–Crippen MR) is 106 cm³/mol. The molecule has 1 amide bonds. The van der Waals surface area contributed by atoms with Crippen molar-refractivity contribution in [3.8, 4) is 11.3 Å². The van der Waals surface area contributed by atoms with Crippen molar-refractivity contribution in [2.45, 2.75) is 19.3 Å². The van der Waals surface area contributed by atoms with E-state index < -0.39 is 11.6 Å². The fourth-order valence-corrected chi connectivity index (χ4v) is 3.04. The van der Waals surface area contributed by atoms with Gasteiger partial charge in [-0.05, 0) is 24.1 Å². The lowest BCUT2D eigenvalue weighted by atomic mass is 10.1. The Balaban J connectivity index is 1.57. The van der Waals surface area contributed by atoms with Gasteiger partial charge in [0, 0.05) is 38.5 Å². The van der Waals surface area contributed by atoms with Crippen molar-refractivity contribution in [1.82, 2.24) is 9.88 Å². The molecule has 2 N–H and O–H groups in total. The van der Waals surface area contributed by atoms with Gasteiger partial charge in [-0.3, -0.25) is 4.79 Å². The number of carbonyl (C=O) groups excluding carboxylic acids is 1. The summed E-state index contributed by atoms with van der Waals surface area (Å²) in [5, 5.41) is 0. The molecule has 1 heterocycles. The molecule has 3 rings (SSSR count). The van der Waals surface area contributed by atoms with Gasteiger partial charge in [-0.1, -0.05) is 30.3 Å². The molecule has 0 saturated carbocycles. The highest BCUT2D eigenvalue weighted by Gasteiger charge is 2.16. The van der Waals surface area contributed by atoms with Gasteiger partial charge in [-0.2, -0.15) is 0 Å². The fourth-order valence-electron chi connectivity index (χ4n) is 3.04. The van der Waals surface area contributed by atoms with Gasteiger partial charge in [0.05, 0.1) is 11.8 Å². The summed E-state index contributed by atoms with van der Waals surface area (Å²) in [7, 11) is 0. The monoisotopic (exact) mass is 399 g/mol. The van der Waals surface area contributed by atoms with Gasteiger partial charge in [0.1, 0.15) is 11.6 Å². The Morgan fingerprint density at radius 1 is 1.07 bits per heavy atom. The van der Waals surface area contributed by atoms with E-state index in [1.54, 1.807) is 4.90 Å². The van der Waals surface area contributed by atoms with E-state index in [4.69, 9.17) is 10.2 Å². The van der Waals surface area contributed by atoms with Crippen LogP contribution in [0.3, 0.4) is 0 Å². The molecule has 0 saturated heterocycles. The van der Waals surface area contributed by atoms with E-state index in [1.807, 2.05) is 30.3 Å². The lowest BCUT2D eigenvalue weighted by molar-refractivity contribution is -0.131. The van der Waals surface area contributed by atoms with Gasteiger partial charge in [-0.15, -0.1) is 0 Å². The summed E-state index contributed by atoms with van der Waals surface area (Å²) < 4.78 is 32.5. The number of hydrogen-bond donors (Lipinski definition) is 1. The molecule has 0 spiro atoms. The van der Waals surface area contributed by atoms with Crippen LogP contribution < -0.4 is 5.73 Å². The van der Waals surface area contributed by atoms with Gasteiger partial charge >= 0.3 is 0 Å². The predicted octanol–water partition coefficient (Wildman–Crippen LogP) is 3.58. The van der Waals surface area contributed by atoms with Crippen LogP contribution in [0.2, 0.25) is 0 Å². The number of halogens is 2. The first-order chi connectivity index (χ1) is 14.1. The number of nitrogens with zero attached hydrogens (tertiary/aromatic N) is 2. The van der Waals surface area contributed by atoms with Crippen LogP contribution in [0.15, 0.2) is 59.1 Å². The van der Waals surface area contributed by atoms with Crippen molar-refractivity contribution >= 4 is 5.91 Å². The molecule has 0 atom stereocenters. The summed E-state index contributed by atoms with van der Waals surface area (Å²) in [6, 6.07) is 13.2. The van der Waals surface area contributed by atoms with E-state index in [9.17, 15) is 13.6 Å². The molecule has 2 aromatic carbocycles. The number of amides is 1. The third-order valence-corrected chi connectivity index (χ3v) is 4.57. The fraction of sp³-hybridized carbons (Fsp3) is 0.273. The number of rotatable bonds is 9. The minimum Gasteiger partial charge on any atom is -0.441 e. The number of carbonyl (C=O) groups is 1. The SMILES string of the molecule is NCCN(CCc1ccccc1)C(=O)CCc1ncc(-c2ccc(F)cc2F)o1. The number of benzene rings is 2. The van der Waals surface area contributed by atoms with Gasteiger partial charge in [0.15, 0.2) is 11.7 Å². The Bertz CT molecular complexity index is 944. The Kier molecular flexibility index (Phi) is 7.08. The largest absolute Gasteiger partial charge is 0.441 e. The molecule has 0 unspecified atom stereocenters. The zero-order chi connectivity index (χ0) is 20.6. The molecular weight excluding hydrogens is 376 g/mol. The van der Waals surface area contributed by atoms with E-state index in [0.29, 0.717) is 25.5 Å². The van der Waals surface area contributed by atoms with Crippen LogP contribution in [0.1, 0.15) is 17.9 Å². The third-order valence-electron chi connectivity index (χ3n) is 4.57. The second-order valence-electron chi connectivity index (χ2n) is 6.65. The summed E-state index contributed by atoms with van der Waals surface area (Å²) in [5.74, 6) is -0.898. The molecule has 0 radical (unpaired) electrons. The second kappa shape index (κ2) is 9.93. The normalized spacial score (nSPS) is 10.9. The number of aromatic nitrogens is 1. The van der Waals surface area contributed by atoms with Crippen LogP contribution >= 0.6 is 0 Å². The van der Waals surface area contributed by atoms with E-state index in [0.717, 1.165) is 24.1 Å². The standard InChI is InChI=1S/C22H23F2N3O2/c23-17-6-7-18(19(24)14-17)20-15-26-21(29-20)8-9-22(28)27(13-11-25)12-10-16-4-2-1-3-5-16/h1-7,14-15H,8-13,25H2. The summed E-state index contributed by atoms with van der Waals surface area (Å²) in [4.78, 5) is 18.4. The molecule has 5 nitrogen and oxygen atoms in total. The molecule has 0 aliphatic carbocycles. The molecule has 0 fully saturated rings. The minimum absolute atomic E-state index is 0.0425. The van der Waals surface area contributed by atoms with Gasteiger partial charge in [0.2, 0.25) is 5.91 Å². The van der Waals surface area contributed by atoms with E-state index >= 15 is 0 Å². The molecule has 7 heteroatoms. The highest BCUT2D eigenvalue weighted by molar-refractivity contribution is 5.76. The lowest BCUT2D eigenvalue weighted by Crippen LogP contribution is -2.37. The third kappa shape index (κ3) is 5.71. The maximum atomic E-state index is 13.9. The van der Waals surface area contributed by atoms with Crippen molar-refractivity contribution in [1.29, 1.82) is 0 Å². The van der Waals surface area contributed by atoms with Gasteiger partial charge in [-0.25, -0.2) is 13.8 Å². The van der Waals surface area contributed by atoms with Crippen LogP contribution in [-0.4, -0.2) is 35.4 Å². The van der Waals surface area contributed by atoms with Gasteiger partial charge < -0.3 is 15.1 Å². The number of hydrogen-bond acceptors (Lipinski definition) is 4. The van der Waals surface area contributed by atoms with Crippen molar-refractivity contribution in [2.75, 3.05) is 19.6 Å². The topological polar surface area (TPSA) is 72.4 Å². The lowest BCUT2D eigenvalue weighted by Gasteiger charge is -2.22. The Morgan fingerprint density at radius 3 is 2.59 bits per heavy atom. The highest BCUT2D eigenvalue weighted by atomic mass is 19.1. The number of aryl methyl sites for hydroxylation is 1. The Hall–Kier alpha value is -3.06. The molecule has 1 aromatic heterocycles. The van der Waals surface area contributed by atoms with E-state index in [2.05, 4.69) is 4.98 Å². The van der Waals surface area contributed by atoms with E-state index in [-0.39, 0.29) is 30.1 Å². The van der Waals surface area contributed by atoms with Crippen LogP contribution in [0, 0.1) is 11.6 Å². The molecular formula is C22H23F2N3O2. The molecule has 3 aromatic rings. The van der Waals surface area contributed by atoms with Crippen molar-refractivity contribution in [2.24, 2.45) is 5.73 Å². The second-order valence-corrected chi connectivity index (χ2v) is 6.65. The minimum atomic E-state index is -0.723. The maximum absolute atomic E-state index is 13.9. The van der Waals surface area contributed by atoms with Crippen molar-refractivity contribution < 1.29 is 18.0 Å². The first-order valence-electron chi connectivity index (χ1n) is 9.48. The highest BCUT2D eigenvalue weighted by Crippen LogP contribution is 2.24. The maximum Gasteiger partial charge on any atom is 0.223 e. The summed E-state index contributed by atoms with van der Waals surface area (Å²) in [5.41, 5.74) is 6.93. The van der Waals surface area contributed by atoms with Crippen LogP contribution in [0.25, 0.3) is 11.3 Å².